The first-order valence-electron chi connectivity index (χ1n) is 14.8. The van der Waals surface area contributed by atoms with Crippen LogP contribution in [0.3, 0.4) is 0 Å². The second kappa shape index (κ2) is 12.8. The van der Waals surface area contributed by atoms with Crippen molar-refractivity contribution in [1.82, 2.24) is 19.8 Å². The molecule has 0 unspecified atom stereocenters. The third-order valence-corrected chi connectivity index (χ3v) is 10.1. The summed E-state index contributed by atoms with van der Waals surface area (Å²) in [4.78, 5) is 17.0. The second-order valence-corrected chi connectivity index (χ2v) is 13.9. The topological polar surface area (TPSA) is 103 Å². The highest BCUT2D eigenvalue weighted by Gasteiger charge is 2.27. The maximum Gasteiger partial charge on any atom is 0.229 e. The van der Waals surface area contributed by atoms with Crippen molar-refractivity contribution in [2.45, 2.75) is 23.8 Å². The summed E-state index contributed by atoms with van der Waals surface area (Å²) in [5, 5.41) is 7.40. The van der Waals surface area contributed by atoms with E-state index < -0.39 is 9.84 Å². The van der Waals surface area contributed by atoms with Gasteiger partial charge in [0, 0.05) is 68.7 Å². The molecule has 2 N–H and O–H groups in total. The lowest BCUT2D eigenvalue weighted by Crippen LogP contribution is -2.52. The maximum absolute atomic E-state index is 12.6. The molecule has 10 nitrogen and oxygen atoms in total. The number of methoxy groups -OCH3 is 1. The molecule has 0 saturated carbocycles. The summed E-state index contributed by atoms with van der Waals surface area (Å²) in [5.74, 6) is 1.47. The van der Waals surface area contributed by atoms with E-state index >= 15 is 0 Å². The minimum atomic E-state index is -3.61. The molecule has 3 aromatic carbocycles. The Morgan fingerprint density at radius 3 is 2.36 bits per heavy atom. The first kappa shape index (κ1) is 30.4. The van der Waals surface area contributed by atoms with Gasteiger partial charge in [0.1, 0.15) is 16.5 Å². The average Bonchev–Trinajstić information content (AvgIpc) is 3.01. The van der Waals surface area contributed by atoms with Gasteiger partial charge in [-0.2, -0.15) is 4.98 Å². The van der Waals surface area contributed by atoms with Crippen molar-refractivity contribution >= 4 is 61.2 Å². The molecular weight excluding hydrogens is 598 g/mol. The monoisotopic (exact) mass is 635 g/mol. The minimum Gasteiger partial charge on any atom is -0.494 e. The Balaban J connectivity index is 1.23. The van der Waals surface area contributed by atoms with Gasteiger partial charge in [0.25, 0.3) is 0 Å². The van der Waals surface area contributed by atoms with Crippen molar-refractivity contribution in [1.29, 1.82) is 0 Å². The molecule has 1 aromatic heterocycles. The average molecular weight is 636 g/mol. The van der Waals surface area contributed by atoms with Crippen LogP contribution in [0, 0.1) is 0 Å². The van der Waals surface area contributed by atoms with Crippen LogP contribution in [0.5, 0.6) is 5.75 Å². The van der Waals surface area contributed by atoms with Crippen molar-refractivity contribution < 1.29 is 13.2 Å². The van der Waals surface area contributed by atoms with E-state index in [0.29, 0.717) is 34.8 Å². The number of benzene rings is 3. The van der Waals surface area contributed by atoms with E-state index in [4.69, 9.17) is 26.3 Å². The quantitative estimate of drug-likeness (QED) is 0.262. The summed E-state index contributed by atoms with van der Waals surface area (Å²) in [5.41, 5.74) is 2.88. The first-order valence-corrected chi connectivity index (χ1v) is 17.1. The minimum absolute atomic E-state index is 0.0173. The number of para-hydroxylation sites is 1. The third kappa shape index (κ3) is 6.56. The van der Waals surface area contributed by atoms with Gasteiger partial charge in [0.05, 0.1) is 29.0 Å². The molecule has 0 radical (unpaired) electrons. The molecular formula is C32H38ClN7O3S. The molecule has 2 aliphatic heterocycles. The van der Waals surface area contributed by atoms with Crippen LogP contribution < -0.4 is 20.3 Å². The van der Waals surface area contributed by atoms with Crippen molar-refractivity contribution in [3.05, 3.63) is 65.7 Å². The van der Waals surface area contributed by atoms with Crippen LogP contribution >= 0.6 is 11.6 Å². The molecule has 44 heavy (non-hydrogen) atoms. The number of hydrogen-bond acceptors (Lipinski definition) is 10. The fraction of sp³-hybridized carbons (Fsp3) is 0.375. The largest absolute Gasteiger partial charge is 0.494 e. The number of anilines is 5. The van der Waals surface area contributed by atoms with Crippen molar-refractivity contribution in [2.75, 3.05) is 75.2 Å². The van der Waals surface area contributed by atoms with Gasteiger partial charge in [-0.05, 0) is 56.3 Å². The molecule has 3 heterocycles. The van der Waals surface area contributed by atoms with Gasteiger partial charge in [0.2, 0.25) is 5.95 Å². The summed E-state index contributed by atoms with van der Waals surface area (Å²) in [6.07, 6.45) is 3.44. The molecule has 4 aromatic rings. The molecule has 0 atom stereocenters. The predicted molar refractivity (Wildman–Crippen MR) is 178 cm³/mol. The van der Waals surface area contributed by atoms with Crippen LogP contribution in [0.25, 0.3) is 10.9 Å². The number of sulfone groups is 1. The van der Waals surface area contributed by atoms with Gasteiger partial charge in [-0.3, -0.25) is 4.90 Å². The summed E-state index contributed by atoms with van der Waals surface area (Å²) in [6.45, 7) is 6.62. The van der Waals surface area contributed by atoms with Gasteiger partial charge in [-0.25, -0.2) is 13.4 Å². The predicted octanol–water partition coefficient (Wildman–Crippen LogP) is 5.40. The smallest absolute Gasteiger partial charge is 0.229 e. The van der Waals surface area contributed by atoms with E-state index in [0.717, 1.165) is 75.1 Å². The number of fused-ring (bicyclic) bond motifs is 1. The zero-order chi connectivity index (χ0) is 30.8. The number of ether oxygens (including phenoxy) is 1. The van der Waals surface area contributed by atoms with Gasteiger partial charge >= 0.3 is 0 Å². The van der Waals surface area contributed by atoms with E-state index in [1.54, 1.807) is 25.3 Å². The lowest BCUT2D eigenvalue weighted by Gasteiger charge is -2.42. The number of nitrogens with zero attached hydrogens (tertiary/aromatic N) is 5. The molecule has 2 fully saturated rings. The molecule has 232 valence electrons. The number of rotatable bonds is 8. The summed E-state index contributed by atoms with van der Waals surface area (Å²) in [7, 11) is 0.249. The van der Waals surface area contributed by atoms with Crippen LogP contribution in [0.1, 0.15) is 12.8 Å². The Kier molecular flexibility index (Phi) is 8.82. The van der Waals surface area contributed by atoms with Crippen LogP contribution in [0.15, 0.2) is 65.6 Å². The van der Waals surface area contributed by atoms with E-state index in [1.165, 1.54) is 0 Å². The Morgan fingerprint density at radius 2 is 1.64 bits per heavy atom. The van der Waals surface area contributed by atoms with Gasteiger partial charge in [-0.1, -0.05) is 29.8 Å². The Morgan fingerprint density at radius 1 is 0.886 bits per heavy atom. The number of aromatic nitrogens is 2. The number of likely N-dealkylation sites (N-methyl/N-ethyl adjacent to an activating group) is 1. The number of piperazine rings is 1. The normalized spacial score (nSPS) is 17.1. The van der Waals surface area contributed by atoms with Crippen LogP contribution in [-0.4, -0.2) is 93.9 Å². The summed E-state index contributed by atoms with van der Waals surface area (Å²) >= 11 is 6.30. The fourth-order valence-corrected chi connectivity index (χ4v) is 7.65. The molecule has 0 aliphatic carbocycles. The van der Waals surface area contributed by atoms with Crippen LogP contribution in [-0.2, 0) is 9.84 Å². The number of nitrogens with one attached hydrogen (secondary N) is 2. The number of piperidine rings is 1. The highest BCUT2D eigenvalue weighted by molar-refractivity contribution is 7.91. The van der Waals surface area contributed by atoms with E-state index in [9.17, 15) is 8.42 Å². The number of hydrogen-bond donors (Lipinski definition) is 2. The summed E-state index contributed by atoms with van der Waals surface area (Å²) in [6, 6.07) is 19.3. The van der Waals surface area contributed by atoms with Crippen molar-refractivity contribution in [2.24, 2.45) is 0 Å². The zero-order valence-electron chi connectivity index (χ0n) is 25.3. The van der Waals surface area contributed by atoms with E-state index in [-0.39, 0.29) is 9.92 Å². The Bertz CT molecular complexity index is 1750. The zero-order valence-corrected chi connectivity index (χ0v) is 26.8. The SMILES string of the molecule is COc1cc(N2CCC(N3CCN(C)CC3)CC2)ccc1Nc1nc(Nc2cccc(Cl)c2S(C)(=O)=O)c2ccccc2n1. The second-order valence-electron chi connectivity index (χ2n) is 11.5. The molecule has 2 saturated heterocycles. The highest BCUT2D eigenvalue weighted by Crippen LogP contribution is 2.36. The Labute approximate surface area is 263 Å². The van der Waals surface area contributed by atoms with Gasteiger partial charge in [-0.15, -0.1) is 0 Å². The molecule has 12 heteroatoms. The van der Waals surface area contributed by atoms with Crippen LogP contribution in [0.4, 0.5) is 28.8 Å². The molecule has 0 amide bonds. The maximum atomic E-state index is 12.6. The lowest BCUT2D eigenvalue weighted by atomic mass is 10.0. The molecule has 6 rings (SSSR count). The van der Waals surface area contributed by atoms with Crippen molar-refractivity contribution in [3.8, 4) is 5.75 Å². The Hall–Kier alpha value is -3.64. The summed E-state index contributed by atoms with van der Waals surface area (Å²) < 4.78 is 30.9. The lowest BCUT2D eigenvalue weighted by molar-refractivity contribution is 0.0982. The first-order chi connectivity index (χ1) is 21.2. The molecule has 0 spiro atoms. The fourth-order valence-electron chi connectivity index (χ4n) is 6.12. The van der Waals surface area contributed by atoms with Crippen molar-refractivity contribution in [3.63, 3.8) is 0 Å². The van der Waals surface area contributed by atoms with E-state index in [1.807, 2.05) is 30.3 Å². The van der Waals surface area contributed by atoms with Gasteiger partial charge < -0.3 is 25.2 Å². The van der Waals surface area contributed by atoms with Gasteiger partial charge in [0.15, 0.2) is 9.84 Å². The highest BCUT2D eigenvalue weighted by atomic mass is 35.5. The van der Waals surface area contributed by atoms with E-state index in [2.05, 4.69) is 44.5 Å². The molecule has 0 bridgehead atoms. The number of halogens is 1. The van der Waals surface area contributed by atoms with Crippen LogP contribution in [0.2, 0.25) is 5.02 Å². The third-order valence-electron chi connectivity index (χ3n) is 8.51. The molecule has 2 aliphatic rings. The standard InChI is InChI=1S/C32H38ClN7O3S/c1-38-17-19-40(20-18-38)22-13-15-39(16-14-22)23-11-12-27(29(21-23)43-2)36-32-35-26-9-5-4-7-24(26)31(37-32)34-28-10-6-8-25(33)30(28)44(3,41)42/h4-12,21-22H,13-20H2,1-3H3,(H2,34,35,36,37).